The summed E-state index contributed by atoms with van der Waals surface area (Å²) in [5.41, 5.74) is 0. The van der Waals surface area contributed by atoms with Crippen LogP contribution in [0.2, 0.25) is 0 Å². The molecule has 4 atom stereocenters. The average molecular weight is 314 g/mol. The molecule has 4 unspecified atom stereocenters. The van der Waals surface area contributed by atoms with Crippen LogP contribution in [0.1, 0.15) is 12.8 Å². The van der Waals surface area contributed by atoms with Crippen molar-refractivity contribution in [1.29, 1.82) is 0 Å². The van der Waals surface area contributed by atoms with Gasteiger partial charge in [0.25, 0.3) is 0 Å². The lowest BCUT2D eigenvalue weighted by molar-refractivity contribution is -0.156. The summed E-state index contributed by atoms with van der Waals surface area (Å²) in [5, 5.41) is 0. The Kier molecular flexibility index (Phi) is 4.99. The lowest BCUT2D eigenvalue weighted by Gasteiger charge is -2.06. The molecule has 122 valence electrons. The van der Waals surface area contributed by atoms with Crippen LogP contribution in [-0.2, 0) is 38.1 Å². The third kappa shape index (κ3) is 3.75. The van der Waals surface area contributed by atoms with Crippen molar-refractivity contribution in [3.63, 3.8) is 0 Å². The average Bonchev–Trinajstić information content (AvgIpc) is 3.40. The quantitative estimate of drug-likeness (QED) is 0.358. The van der Waals surface area contributed by atoms with Crippen LogP contribution >= 0.6 is 0 Å². The topological polar surface area (TPSA) is 105 Å². The van der Waals surface area contributed by atoms with Gasteiger partial charge in [-0.3, -0.25) is 19.2 Å². The first-order chi connectivity index (χ1) is 10.5. The van der Waals surface area contributed by atoms with Gasteiger partial charge < -0.3 is 18.9 Å². The summed E-state index contributed by atoms with van der Waals surface area (Å²) in [4.78, 5) is 45.5. The fourth-order valence-corrected chi connectivity index (χ4v) is 2.23. The summed E-state index contributed by atoms with van der Waals surface area (Å²) in [6, 6.07) is 0. The van der Waals surface area contributed by atoms with E-state index < -0.39 is 47.5 Å². The van der Waals surface area contributed by atoms with Gasteiger partial charge in [0.05, 0.1) is 37.9 Å². The van der Waals surface area contributed by atoms with Crippen LogP contribution in [0.4, 0.5) is 0 Å². The number of hydrogen-bond acceptors (Lipinski definition) is 8. The maximum atomic E-state index is 11.6. The van der Waals surface area contributed by atoms with Crippen LogP contribution in [0.15, 0.2) is 0 Å². The van der Waals surface area contributed by atoms with E-state index in [1.165, 1.54) is 14.2 Å². The van der Waals surface area contributed by atoms with E-state index in [0.29, 0.717) is 12.8 Å². The number of ether oxygens (including phenoxy) is 4. The highest BCUT2D eigenvalue weighted by Crippen LogP contribution is 2.41. The molecule has 0 aromatic heterocycles. The second-order valence-electron chi connectivity index (χ2n) is 5.28. The molecule has 0 aliphatic heterocycles. The Labute approximate surface area is 127 Å². The predicted octanol–water partition coefficient (Wildman–Crippen LogP) is -0.309. The van der Waals surface area contributed by atoms with E-state index in [9.17, 15) is 19.2 Å². The van der Waals surface area contributed by atoms with Gasteiger partial charge in [0, 0.05) is 0 Å². The second kappa shape index (κ2) is 6.76. The first-order valence-corrected chi connectivity index (χ1v) is 6.98. The Bertz CT molecular complexity index is 441. The maximum absolute atomic E-state index is 11.6. The summed E-state index contributed by atoms with van der Waals surface area (Å²) in [6.07, 6.45) is 0.850. The molecule has 8 nitrogen and oxygen atoms in total. The van der Waals surface area contributed by atoms with E-state index in [-0.39, 0.29) is 13.2 Å². The summed E-state index contributed by atoms with van der Waals surface area (Å²) in [6.45, 7) is -0.158. The van der Waals surface area contributed by atoms with Crippen LogP contribution < -0.4 is 0 Å². The molecule has 0 aromatic carbocycles. The normalized spacial score (nSPS) is 28.3. The molecule has 2 aliphatic carbocycles. The third-order valence-electron chi connectivity index (χ3n) is 3.77. The van der Waals surface area contributed by atoms with E-state index in [2.05, 4.69) is 9.47 Å². The highest BCUT2D eigenvalue weighted by Gasteiger charge is 2.51. The molecule has 0 heterocycles. The van der Waals surface area contributed by atoms with E-state index in [0.717, 1.165) is 0 Å². The molecular formula is C14H18O8. The molecule has 0 saturated heterocycles. The molecule has 0 aromatic rings. The lowest BCUT2D eigenvalue weighted by atomic mass is 10.3. The van der Waals surface area contributed by atoms with Crippen molar-refractivity contribution in [3.8, 4) is 0 Å². The van der Waals surface area contributed by atoms with E-state index >= 15 is 0 Å². The predicted molar refractivity (Wildman–Crippen MR) is 69.1 cm³/mol. The van der Waals surface area contributed by atoms with Gasteiger partial charge in [0.2, 0.25) is 0 Å². The third-order valence-corrected chi connectivity index (χ3v) is 3.77. The van der Waals surface area contributed by atoms with Crippen LogP contribution in [-0.4, -0.2) is 51.3 Å². The molecule has 22 heavy (non-hydrogen) atoms. The number of rotatable bonds is 7. The smallest absolute Gasteiger partial charge is 0.309 e. The minimum absolute atomic E-state index is 0.0788. The first-order valence-electron chi connectivity index (χ1n) is 6.98. The highest BCUT2D eigenvalue weighted by molar-refractivity contribution is 5.88. The number of hydrogen-bond donors (Lipinski definition) is 0. The van der Waals surface area contributed by atoms with Crippen molar-refractivity contribution in [2.24, 2.45) is 23.7 Å². The molecule has 2 aliphatic rings. The van der Waals surface area contributed by atoms with E-state index in [4.69, 9.17) is 9.47 Å². The van der Waals surface area contributed by atoms with Crippen molar-refractivity contribution >= 4 is 23.9 Å². The molecule has 0 spiro atoms. The number of carbonyl (C=O) groups excluding carboxylic acids is 4. The minimum Gasteiger partial charge on any atom is -0.469 e. The molecule has 2 rings (SSSR count). The van der Waals surface area contributed by atoms with Gasteiger partial charge in [0.1, 0.15) is 13.2 Å². The Hall–Kier alpha value is -2.12. The van der Waals surface area contributed by atoms with Crippen molar-refractivity contribution in [2.45, 2.75) is 12.8 Å². The maximum Gasteiger partial charge on any atom is 0.309 e. The number of methoxy groups -OCH3 is 2. The summed E-state index contributed by atoms with van der Waals surface area (Å²) < 4.78 is 18.9. The van der Waals surface area contributed by atoms with Crippen molar-refractivity contribution in [2.75, 3.05) is 27.4 Å². The summed E-state index contributed by atoms with van der Waals surface area (Å²) >= 11 is 0. The molecule has 0 radical (unpaired) electrons. The minimum atomic E-state index is -0.495. The second-order valence-corrected chi connectivity index (χ2v) is 5.28. The Balaban J connectivity index is 1.57. The monoisotopic (exact) mass is 314 g/mol. The Morgan fingerprint density at radius 1 is 0.682 bits per heavy atom. The fraction of sp³-hybridized carbons (Fsp3) is 0.714. The van der Waals surface area contributed by atoms with Gasteiger partial charge >= 0.3 is 23.9 Å². The zero-order valence-corrected chi connectivity index (χ0v) is 12.4. The number of esters is 4. The van der Waals surface area contributed by atoms with Crippen LogP contribution in [0, 0.1) is 23.7 Å². The number of carbonyl (C=O) groups is 4. The van der Waals surface area contributed by atoms with Gasteiger partial charge in [-0.1, -0.05) is 0 Å². The van der Waals surface area contributed by atoms with Crippen molar-refractivity contribution < 1.29 is 38.1 Å². The van der Waals surface area contributed by atoms with Crippen molar-refractivity contribution in [1.82, 2.24) is 0 Å². The first kappa shape index (κ1) is 16.3. The Morgan fingerprint density at radius 2 is 1.00 bits per heavy atom. The zero-order valence-electron chi connectivity index (χ0n) is 12.4. The lowest BCUT2D eigenvalue weighted by Crippen LogP contribution is -2.18. The van der Waals surface area contributed by atoms with Crippen molar-refractivity contribution in [3.05, 3.63) is 0 Å². The SMILES string of the molecule is COC(=O)C1CC1C(=O)OCCOC(=O)C1CC1C(=O)OC. The summed E-state index contributed by atoms with van der Waals surface area (Å²) in [5.74, 6) is -3.60. The van der Waals surface area contributed by atoms with E-state index in [1.807, 2.05) is 0 Å². The van der Waals surface area contributed by atoms with E-state index in [1.54, 1.807) is 0 Å². The summed E-state index contributed by atoms with van der Waals surface area (Å²) in [7, 11) is 2.53. The van der Waals surface area contributed by atoms with Crippen LogP contribution in [0.5, 0.6) is 0 Å². The highest BCUT2D eigenvalue weighted by atomic mass is 16.6. The van der Waals surface area contributed by atoms with Crippen LogP contribution in [0.3, 0.4) is 0 Å². The fourth-order valence-electron chi connectivity index (χ4n) is 2.23. The molecule has 0 N–H and O–H groups in total. The molecule has 2 fully saturated rings. The zero-order chi connectivity index (χ0) is 16.3. The molecule has 8 heteroatoms. The Morgan fingerprint density at radius 3 is 1.32 bits per heavy atom. The largest absolute Gasteiger partial charge is 0.469 e. The molecule has 0 amide bonds. The molecular weight excluding hydrogens is 296 g/mol. The van der Waals surface area contributed by atoms with Crippen LogP contribution in [0.25, 0.3) is 0 Å². The standard InChI is InChI=1S/C14H18O8/c1-19-11(15)7-5-9(7)13(17)21-3-4-22-14(18)10-6-8(10)12(16)20-2/h7-10H,3-6H2,1-2H3. The van der Waals surface area contributed by atoms with Gasteiger partial charge in [-0.05, 0) is 12.8 Å². The van der Waals surface area contributed by atoms with Gasteiger partial charge in [-0.2, -0.15) is 0 Å². The molecule has 2 saturated carbocycles. The van der Waals surface area contributed by atoms with Gasteiger partial charge in [-0.15, -0.1) is 0 Å². The van der Waals surface area contributed by atoms with Gasteiger partial charge in [-0.25, -0.2) is 0 Å². The molecule has 0 bridgehead atoms. The van der Waals surface area contributed by atoms with Gasteiger partial charge in [0.15, 0.2) is 0 Å².